The van der Waals surface area contributed by atoms with E-state index in [1.807, 2.05) is 48.5 Å². The quantitative estimate of drug-likeness (QED) is 0.465. The molecule has 0 aliphatic carbocycles. The van der Waals surface area contributed by atoms with Gasteiger partial charge in [0.15, 0.2) is 5.75 Å². The summed E-state index contributed by atoms with van der Waals surface area (Å²) in [5, 5.41) is 3.40. The van der Waals surface area contributed by atoms with Gasteiger partial charge < -0.3 is 10.1 Å². The van der Waals surface area contributed by atoms with Crippen LogP contribution in [0.2, 0.25) is 5.02 Å². The van der Waals surface area contributed by atoms with Gasteiger partial charge >= 0.3 is 0 Å². The van der Waals surface area contributed by atoms with Crippen LogP contribution in [0.25, 0.3) is 0 Å². The zero-order valence-corrected chi connectivity index (χ0v) is 21.1. The van der Waals surface area contributed by atoms with Crippen LogP contribution in [0, 0.1) is 0 Å². The maximum atomic E-state index is 13.1. The molecule has 35 heavy (non-hydrogen) atoms. The Labute approximate surface area is 211 Å². The molecule has 0 radical (unpaired) electrons. The van der Waals surface area contributed by atoms with E-state index in [4.69, 9.17) is 16.3 Å². The van der Waals surface area contributed by atoms with E-state index in [1.165, 1.54) is 0 Å². The number of rotatable bonds is 8. The van der Waals surface area contributed by atoms with Gasteiger partial charge in [-0.05, 0) is 55.0 Å². The van der Waals surface area contributed by atoms with Crippen LogP contribution < -0.4 is 10.1 Å². The van der Waals surface area contributed by atoms with Gasteiger partial charge in [-0.25, -0.2) is 8.42 Å². The van der Waals surface area contributed by atoms with Crippen LogP contribution in [0.1, 0.15) is 22.8 Å². The number of carbonyl (C=O) groups is 1. The number of para-hydroxylation sites is 1. The summed E-state index contributed by atoms with van der Waals surface area (Å²) in [4.78, 5) is 15.3. The number of piperazine rings is 1. The number of benzene rings is 3. The molecule has 1 aliphatic heterocycles. The third-order valence-electron chi connectivity index (χ3n) is 5.85. The number of hydrogen-bond acceptors (Lipinski definition) is 5. The maximum absolute atomic E-state index is 13.1. The predicted molar refractivity (Wildman–Crippen MR) is 139 cm³/mol. The van der Waals surface area contributed by atoms with Gasteiger partial charge in [0, 0.05) is 43.3 Å². The summed E-state index contributed by atoms with van der Waals surface area (Å²) in [5.74, 6) is 0.990. The van der Waals surface area contributed by atoms with Gasteiger partial charge in [0.25, 0.3) is 5.91 Å². The van der Waals surface area contributed by atoms with Crippen LogP contribution in [0.3, 0.4) is 0 Å². The Morgan fingerprint density at radius 1 is 0.971 bits per heavy atom. The van der Waals surface area contributed by atoms with E-state index in [-0.39, 0.29) is 11.7 Å². The fraction of sp³-hybridized carbons (Fsp3) is 0.269. The van der Waals surface area contributed by atoms with E-state index in [2.05, 4.69) is 10.2 Å². The minimum Gasteiger partial charge on any atom is -0.455 e. The van der Waals surface area contributed by atoms with Crippen molar-refractivity contribution in [1.82, 2.24) is 9.21 Å². The lowest BCUT2D eigenvalue weighted by atomic mass is 10.1. The van der Waals surface area contributed by atoms with Gasteiger partial charge in [0.1, 0.15) is 5.75 Å². The maximum Gasteiger partial charge on any atom is 0.255 e. The van der Waals surface area contributed by atoms with Gasteiger partial charge in [-0.1, -0.05) is 41.9 Å². The smallest absolute Gasteiger partial charge is 0.255 e. The largest absolute Gasteiger partial charge is 0.455 e. The molecule has 1 heterocycles. The molecule has 7 nitrogen and oxygen atoms in total. The molecule has 1 aliphatic rings. The normalized spacial score (nSPS) is 15.0. The van der Waals surface area contributed by atoms with E-state index < -0.39 is 10.0 Å². The Hall–Kier alpha value is -2.91. The Morgan fingerprint density at radius 3 is 2.43 bits per heavy atom. The van der Waals surface area contributed by atoms with Crippen LogP contribution in [0.4, 0.5) is 5.69 Å². The van der Waals surface area contributed by atoms with Crippen molar-refractivity contribution in [2.24, 2.45) is 0 Å². The number of nitrogens with one attached hydrogen (secondary N) is 1. The Bertz CT molecular complexity index is 1280. The second-order valence-corrected chi connectivity index (χ2v) is 11.0. The molecule has 0 aromatic heterocycles. The fourth-order valence-corrected chi connectivity index (χ4v) is 5.17. The van der Waals surface area contributed by atoms with Crippen molar-refractivity contribution in [2.45, 2.75) is 13.5 Å². The van der Waals surface area contributed by atoms with E-state index in [0.717, 1.165) is 5.56 Å². The lowest BCUT2D eigenvalue weighted by Gasteiger charge is -2.33. The molecule has 1 N–H and O–H groups in total. The Kier molecular flexibility index (Phi) is 8.07. The lowest BCUT2D eigenvalue weighted by molar-refractivity contribution is 0.102. The summed E-state index contributed by atoms with van der Waals surface area (Å²) in [5.41, 5.74) is 1.97. The van der Waals surface area contributed by atoms with Crippen LogP contribution in [-0.2, 0) is 16.6 Å². The van der Waals surface area contributed by atoms with Gasteiger partial charge in [-0.2, -0.15) is 4.31 Å². The zero-order valence-electron chi connectivity index (χ0n) is 19.5. The molecule has 0 spiro atoms. The minimum atomic E-state index is -3.16. The summed E-state index contributed by atoms with van der Waals surface area (Å²) in [6, 6.07) is 21.8. The van der Waals surface area contributed by atoms with Crippen LogP contribution in [0.5, 0.6) is 11.5 Å². The molecule has 0 unspecified atom stereocenters. The average molecular weight is 514 g/mol. The minimum absolute atomic E-state index is 0.120. The third-order valence-corrected chi connectivity index (χ3v) is 7.96. The molecule has 0 saturated carbocycles. The number of anilines is 1. The van der Waals surface area contributed by atoms with Crippen molar-refractivity contribution in [3.63, 3.8) is 0 Å². The number of nitrogens with zero attached hydrogens (tertiary/aromatic N) is 2. The monoisotopic (exact) mass is 513 g/mol. The first kappa shape index (κ1) is 25.2. The van der Waals surface area contributed by atoms with E-state index in [9.17, 15) is 13.2 Å². The van der Waals surface area contributed by atoms with Gasteiger partial charge in [-0.3, -0.25) is 9.69 Å². The van der Waals surface area contributed by atoms with Gasteiger partial charge in [0.05, 0.1) is 11.4 Å². The van der Waals surface area contributed by atoms with Crippen LogP contribution >= 0.6 is 11.6 Å². The molecule has 1 fully saturated rings. The SMILES string of the molecule is CCS(=O)(=O)N1CCN(Cc2cccc(C(=O)Nc3cc(Cl)ccc3Oc3ccccc3)c2)CC1. The number of carbonyl (C=O) groups excluding carboxylic acids is 1. The van der Waals surface area contributed by atoms with Crippen LogP contribution in [-0.4, -0.2) is 55.5 Å². The van der Waals surface area contributed by atoms with Crippen LogP contribution in [0.15, 0.2) is 72.8 Å². The highest BCUT2D eigenvalue weighted by molar-refractivity contribution is 7.89. The first-order valence-corrected chi connectivity index (χ1v) is 13.5. The molecule has 0 atom stereocenters. The molecule has 184 valence electrons. The molecular formula is C26H28ClN3O4S. The fourth-order valence-electron chi connectivity index (χ4n) is 3.92. The standard InChI is InChI=1S/C26H28ClN3O4S/c1-2-35(32,33)30-15-13-29(14-16-30)19-20-7-6-8-21(17-20)26(31)28-24-18-22(27)11-12-25(24)34-23-9-4-3-5-10-23/h3-12,17-18H,2,13-16,19H2,1H3,(H,28,31). The van der Waals surface area contributed by atoms with E-state index in [1.54, 1.807) is 35.5 Å². The van der Waals surface area contributed by atoms with E-state index >= 15 is 0 Å². The summed E-state index contributed by atoms with van der Waals surface area (Å²) < 4.78 is 31.7. The highest BCUT2D eigenvalue weighted by Crippen LogP contribution is 2.32. The molecule has 9 heteroatoms. The highest BCUT2D eigenvalue weighted by Gasteiger charge is 2.25. The summed E-state index contributed by atoms with van der Waals surface area (Å²) >= 11 is 6.18. The molecular weight excluding hydrogens is 486 g/mol. The number of hydrogen-bond donors (Lipinski definition) is 1. The number of sulfonamides is 1. The average Bonchev–Trinajstić information content (AvgIpc) is 2.87. The number of halogens is 1. The third kappa shape index (κ3) is 6.61. The summed E-state index contributed by atoms with van der Waals surface area (Å²) in [6.45, 7) is 4.57. The highest BCUT2D eigenvalue weighted by atomic mass is 35.5. The van der Waals surface area contributed by atoms with Gasteiger partial charge in [0.2, 0.25) is 10.0 Å². The second kappa shape index (κ2) is 11.2. The van der Waals surface area contributed by atoms with Gasteiger partial charge in [-0.15, -0.1) is 0 Å². The molecule has 0 bridgehead atoms. The summed E-state index contributed by atoms with van der Waals surface area (Å²) in [7, 11) is -3.16. The molecule has 3 aromatic rings. The van der Waals surface area contributed by atoms with Crippen molar-refractivity contribution in [3.8, 4) is 11.5 Å². The van der Waals surface area contributed by atoms with Crippen molar-refractivity contribution in [3.05, 3.63) is 88.9 Å². The molecule has 1 amide bonds. The van der Waals surface area contributed by atoms with Crippen molar-refractivity contribution < 1.29 is 17.9 Å². The predicted octanol–water partition coefficient (Wildman–Crippen LogP) is 4.85. The Balaban J connectivity index is 1.42. The van der Waals surface area contributed by atoms with Crippen molar-refractivity contribution >= 4 is 33.2 Å². The molecule has 3 aromatic carbocycles. The first-order chi connectivity index (χ1) is 16.8. The van der Waals surface area contributed by atoms with Crippen molar-refractivity contribution in [2.75, 3.05) is 37.2 Å². The summed E-state index contributed by atoms with van der Waals surface area (Å²) in [6.07, 6.45) is 0. The zero-order chi connectivity index (χ0) is 24.8. The van der Waals surface area contributed by atoms with Crippen molar-refractivity contribution in [1.29, 1.82) is 0 Å². The number of ether oxygens (including phenoxy) is 1. The number of amides is 1. The molecule has 4 rings (SSSR count). The first-order valence-electron chi connectivity index (χ1n) is 11.5. The molecule has 1 saturated heterocycles. The lowest BCUT2D eigenvalue weighted by Crippen LogP contribution is -2.48. The topological polar surface area (TPSA) is 79.0 Å². The van der Waals surface area contributed by atoms with E-state index in [0.29, 0.717) is 60.5 Å². The second-order valence-electron chi connectivity index (χ2n) is 8.29. The Morgan fingerprint density at radius 2 is 1.71 bits per heavy atom.